The van der Waals surface area contributed by atoms with Crippen molar-refractivity contribution in [2.75, 3.05) is 18.9 Å². The number of carbonyl (C=O) groups excluding carboxylic acids is 1. The summed E-state index contributed by atoms with van der Waals surface area (Å²) >= 11 is 0. The summed E-state index contributed by atoms with van der Waals surface area (Å²) < 4.78 is 27.5. The van der Waals surface area contributed by atoms with E-state index in [0.29, 0.717) is 29.6 Å². The van der Waals surface area contributed by atoms with Gasteiger partial charge in [0.05, 0.1) is 29.0 Å². The molecule has 0 unspecified atom stereocenters. The number of nitrogens with zero attached hydrogens (tertiary/aromatic N) is 2. The van der Waals surface area contributed by atoms with Gasteiger partial charge in [-0.2, -0.15) is 5.10 Å². The number of benzene rings is 2. The number of amides is 1. The molecule has 0 bridgehead atoms. The highest BCUT2D eigenvalue weighted by Crippen LogP contribution is 2.26. The Morgan fingerprint density at radius 3 is 2.72 bits per heavy atom. The third kappa shape index (κ3) is 4.03. The predicted molar refractivity (Wildman–Crippen MR) is 107 cm³/mol. The second-order valence-electron chi connectivity index (χ2n) is 7.21. The van der Waals surface area contributed by atoms with Crippen LogP contribution in [-0.4, -0.2) is 51.8 Å². The van der Waals surface area contributed by atoms with Gasteiger partial charge in [0.2, 0.25) is 5.91 Å². The lowest BCUT2D eigenvalue weighted by Crippen LogP contribution is -2.37. The zero-order chi connectivity index (χ0) is 20.5. The van der Waals surface area contributed by atoms with Crippen molar-refractivity contribution in [3.05, 3.63) is 59.3 Å². The van der Waals surface area contributed by atoms with Crippen LogP contribution in [0.4, 0.5) is 14.5 Å². The van der Waals surface area contributed by atoms with E-state index in [0.717, 1.165) is 5.56 Å². The first-order chi connectivity index (χ1) is 13.9. The van der Waals surface area contributed by atoms with Crippen LogP contribution in [0.5, 0.6) is 0 Å². The van der Waals surface area contributed by atoms with Crippen LogP contribution in [0.1, 0.15) is 17.7 Å². The summed E-state index contributed by atoms with van der Waals surface area (Å²) in [5.74, 6) is -1.26. The SMILES string of the molecule is CN1C[C@H](O)C[C@H]1C(=O)Nc1cc2c(C=Cc3ccc(F)cc3)n[nH]c2cc1F. The molecular formula is C21H20F2N4O2. The Labute approximate surface area is 165 Å². The number of fused-ring (bicyclic) bond motifs is 1. The number of likely N-dealkylation sites (tertiary alicyclic amines) is 1. The van der Waals surface area contributed by atoms with Gasteiger partial charge < -0.3 is 10.4 Å². The number of hydrogen-bond acceptors (Lipinski definition) is 4. The van der Waals surface area contributed by atoms with Crippen molar-refractivity contribution in [2.45, 2.75) is 18.6 Å². The van der Waals surface area contributed by atoms with Gasteiger partial charge in [-0.05, 0) is 43.3 Å². The van der Waals surface area contributed by atoms with E-state index in [-0.39, 0.29) is 17.4 Å². The number of anilines is 1. The lowest BCUT2D eigenvalue weighted by atomic mass is 10.1. The van der Waals surface area contributed by atoms with Gasteiger partial charge in [-0.1, -0.05) is 18.2 Å². The average molecular weight is 398 g/mol. The Kier molecular flexibility index (Phi) is 5.12. The minimum atomic E-state index is -0.579. The third-order valence-electron chi connectivity index (χ3n) is 5.07. The number of likely N-dealkylation sites (N-methyl/N-ethyl adjacent to an activating group) is 1. The summed E-state index contributed by atoms with van der Waals surface area (Å²) in [5.41, 5.74) is 1.90. The molecule has 29 heavy (non-hydrogen) atoms. The molecule has 1 aliphatic heterocycles. The van der Waals surface area contributed by atoms with Crippen molar-refractivity contribution in [1.82, 2.24) is 15.1 Å². The van der Waals surface area contributed by atoms with E-state index < -0.39 is 18.0 Å². The van der Waals surface area contributed by atoms with Gasteiger partial charge in [0.25, 0.3) is 0 Å². The van der Waals surface area contributed by atoms with Crippen molar-refractivity contribution in [1.29, 1.82) is 0 Å². The summed E-state index contributed by atoms with van der Waals surface area (Å²) in [6.07, 6.45) is 3.24. The van der Waals surface area contributed by atoms with E-state index in [4.69, 9.17) is 0 Å². The highest BCUT2D eigenvalue weighted by atomic mass is 19.1. The Bertz CT molecular complexity index is 1080. The number of nitrogens with one attached hydrogen (secondary N) is 2. The molecule has 3 N–H and O–H groups in total. The van der Waals surface area contributed by atoms with Crippen molar-refractivity contribution in [2.24, 2.45) is 0 Å². The lowest BCUT2D eigenvalue weighted by molar-refractivity contribution is -0.120. The van der Waals surface area contributed by atoms with Crippen LogP contribution in [-0.2, 0) is 4.79 Å². The van der Waals surface area contributed by atoms with Crippen LogP contribution in [0.25, 0.3) is 23.1 Å². The average Bonchev–Trinajstić information content (AvgIpc) is 3.23. The van der Waals surface area contributed by atoms with Crippen LogP contribution in [0, 0.1) is 11.6 Å². The molecule has 1 aromatic heterocycles. The second kappa shape index (κ2) is 7.73. The maximum absolute atomic E-state index is 14.5. The van der Waals surface area contributed by atoms with Gasteiger partial charge in [0, 0.05) is 18.0 Å². The van der Waals surface area contributed by atoms with Crippen LogP contribution in [0.15, 0.2) is 36.4 Å². The van der Waals surface area contributed by atoms with Gasteiger partial charge >= 0.3 is 0 Å². The highest BCUT2D eigenvalue weighted by Gasteiger charge is 2.33. The van der Waals surface area contributed by atoms with Crippen molar-refractivity contribution in [3.8, 4) is 0 Å². The number of β-amino-alcohol motifs (C(OH)–C–C–N with tert-alkyl or cyclic N) is 1. The van der Waals surface area contributed by atoms with Crippen molar-refractivity contribution < 1.29 is 18.7 Å². The molecule has 0 radical (unpaired) electrons. The maximum Gasteiger partial charge on any atom is 0.241 e. The van der Waals surface area contributed by atoms with E-state index in [1.165, 1.54) is 24.3 Å². The molecule has 3 aromatic rings. The topological polar surface area (TPSA) is 81.2 Å². The Hall–Kier alpha value is -3.10. The zero-order valence-corrected chi connectivity index (χ0v) is 15.7. The molecule has 2 heterocycles. The highest BCUT2D eigenvalue weighted by molar-refractivity contribution is 5.98. The van der Waals surface area contributed by atoms with Gasteiger partial charge in [0.15, 0.2) is 0 Å². The normalized spacial score (nSPS) is 20.0. The predicted octanol–water partition coefficient (Wildman–Crippen LogP) is 3.02. The Morgan fingerprint density at radius 2 is 2.03 bits per heavy atom. The fourth-order valence-electron chi connectivity index (χ4n) is 3.53. The van der Waals surface area contributed by atoms with Crippen LogP contribution >= 0.6 is 0 Å². The molecule has 2 atom stereocenters. The van der Waals surface area contributed by atoms with E-state index >= 15 is 0 Å². The number of halogens is 2. The number of aliphatic hydroxyl groups excluding tert-OH is 1. The molecule has 0 aliphatic carbocycles. The van der Waals surface area contributed by atoms with Gasteiger partial charge in [-0.15, -0.1) is 0 Å². The monoisotopic (exact) mass is 398 g/mol. The molecule has 1 saturated heterocycles. The van der Waals surface area contributed by atoms with E-state index in [9.17, 15) is 18.7 Å². The number of aromatic nitrogens is 2. The Balaban J connectivity index is 1.59. The molecule has 0 spiro atoms. The molecule has 2 aromatic carbocycles. The zero-order valence-electron chi connectivity index (χ0n) is 15.7. The quantitative estimate of drug-likeness (QED) is 0.631. The third-order valence-corrected chi connectivity index (χ3v) is 5.07. The smallest absolute Gasteiger partial charge is 0.241 e. The lowest BCUT2D eigenvalue weighted by Gasteiger charge is -2.18. The molecule has 1 fully saturated rings. The van der Waals surface area contributed by atoms with Gasteiger partial charge in [0.1, 0.15) is 11.6 Å². The summed E-state index contributed by atoms with van der Waals surface area (Å²) in [6.45, 7) is 0.402. The number of rotatable bonds is 4. The van der Waals surface area contributed by atoms with E-state index in [2.05, 4.69) is 15.5 Å². The molecule has 4 rings (SSSR count). The fraction of sp³-hybridized carbons (Fsp3) is 0.238. The largest absolute Gasteiger partial charge is 0.392 e. The molecule has 8 heteroatoms. The van der Waals surface area contributed by atoms with Crippen LogP contribution < -0.4 is 5.32 Å². The first kappa shape index (κ1) is 19.2. The first-order valence-corrected chi connectivity index (χ1v) is 9.21. The van der Waals surface area contributed by atoms with Crippen LogP contribution in [0.2, 0.25) is 0 Å². The second-order valence-corrected chi connectivity index (χ2v) is 7.21. The molecular weight excluding hydrogens is 378 g/mol. The number of hydrogen-bond donors (Lipinski definition) is 3. The minimum Gasteiger partial charge on any atom is -0.392 e. The maximum atomic E-state index is 14.5. The molecule has 150 valence electrons. The fourth-order valence-corrected chi connectivity index (χ4v) is 3.53. The standard InChI is InChI=1S/C21H20F2N4O2/c1-27-11-14(28)8-20(27)21(29)24-19-9-15-17(25-26-18(15)10-16(19)23)7-4-12-2-5-13(22)6-3-12/h2-7,9-10,14,20,28H,8,11H2,1H3,(H,24,29)(H,25,26)/t14-,20+/m1/s1. The Morgan fingerprint density at radius 1 is 1.28 bits per heavy atom. The van der Waals surface area contributed by atoms with Gasteiger partial charge in [-0.25, -0.2) is 8.78 Å². The van der Waals surface area contributed by atoms with E-state index in [1.54, 1.807) is 36.2 Å². The number of aliphatic hydroxyl groups is 1. The first-order valence-electron chi connectivity index (χ1n) is 9.21. The molecule has 0 saturated carbocycles. The number of aromatic amines is 1. The minimum absolute atomic E-state index is 0.0510. The van der Waals surface area contributed by atoms with Crippen molar-refractivity contribution >= 4 is 34.6 Å². The molecule has 1 aliphatic rings. The number of carbonyl (C=O) groups is 1. The molecule has 6 nitrogen and oxygen atoms in total. The summed E-state index contributed by atoms with van der Waals surface area (Å²) in [5, 5.41) is 19.9. The summed E-state index contributed by atoms with van der Waals surface area (Å²) in [4.78, 5) is 14.3. The van der Waals surface area contributed by atoms with Crippen LogP contribution in [0.3, 0.4) is 0 Å². The number of H-pyrrole nitrogens is 1. The van der Waals surface area contributed by atoms with Gasteiger partial charge in [-0.3, -0.25) is 14.8 Å². The molecule has 1 amide bonds. The van der Waals surface area contributed by atoms with Crippen molar-refractivity contribution in [3.63, 3.8) is 0 Å². The van der Waals surface area contributed by atoms with E-state index in [1.807, 2.05) is 0 Å². The summed E-state index contributed by atoms with van der Waals surface area (Å²) in [7, 11) is 1.74. The summed E-state index contributed by atoms with van der Waals surface area (Å²) in [6, 6.07) is 8.30.